The van der Waals surface area contributed by atoms with Gasteiger partial charge >= 0.3 is 0 Å². The van der Waals surface area contributed by atoms with Crippen molar-refractivity contribution >= 4 is 28.5 Å². The van der Waals surface area contributed by atoms with Crippen LogP contribution in [0.3, 0.4) is 0 Å². The standard InChI is InChI=1S/C18H13F3N4O2S/c19-10-3-14(21)15(23-5-10)16(26)24-11-1-2-13(20)12(4-11)18-8-27-6-9(18)7-28-17(22)25-18/h1-5,7H,6,8H2,(H2,22,25)(H,24,26)/t18-/m0/s1. The first-order valence-corrected chi connectivity index (χ1v) is 8.99. The van der Waals surface area contributed by atoms with E-state index in [2.05, 4.69) is 15.3 Å². The molecule has 1 amide bonds. The molecule has 0 spiro atoms. The highest BCUT2D eigenvalue weighted by atomic mass is 32.2. The van der Waals surface area contributed by atoms with Crippen LogP contribution in [0.4, 0.5) is 18.9 Å². The lowest BCUT2D eigenvalue weighted by Crippen LogP contribution is -2.32. The van der Waals surface area contributed by atoms with Crippen LogP contribution in [-0.2, 0) is 10.3 Å². The summed E-state index contributed by atoms with van der Waals surface area (Å²) in [6.45, 7) is 0.382. The number of aliphatic imine (C=N–C) groups is 1. The number of amidine groups is 1. The molecule has 6 nitrogen and oxygen atoms in total. The Morgan fingerprint density at radius 2 is 2.07 bits per heavy atom. The molecule has 0 bridgehead atoms. The van der Waals surface area contributed by atoms with E-state index in [0.29, 0.717) is 6.07 Å². The minimum atomic E-state index is -1.11. The van der Waals surface area contributed by atoms with Crippen LogP contribution in [0, 0.1) is 17.5 Å². The molecule has 1 saturated heterocycles. The molecule has 1 aromatic carbocycles. The first kappa shape index (κ1) is 18.5. The van der Waals surface area contributed by atoms with E-state index >= 15 is 0 Å². The average molecular weight is 406 g/mol. The second-order valence-corrected chi connectivity index (χ2v) is 7.09. The maximum atomic E-state index is 14.7. The third-order valence-corrected chi connectivity index (χ3v) is 5.15. The van der Waals surface area contributed by atoms with Crippen LogP contribution in [-0.4, -0.2) is 29.3 Å². The minimum absolute atomic E-state index is 0.0998. The molecule has 3 heterocycles. The molecular formula is C18H13F3N4O2S. The Morgan fingerprint density at radius 1 is 1.25 bits per heavy atom. The van der Waals surface area contributed by atoms with Gasteiger partial charge in [0.15, 0.2) is 16.7 Å². The lowest BCUT2D eigenvalue weighted by molar-refractivity contribution is 0.101. The monoisotopic (exact) mass is 406 g/mol. The van der Waals surface area contributed by atoms with Crippen LogP contribution in [0.1, 0.15) is 16.1 Å². The smallest absolute Gasteiger partial charge is 0.277 e. The van der Waals surface area contributed by atoms with E-state index in [0.717, 1.165) is 17.8 Å². The molecule has 2 aromatic rings. The molecule has 1 fully saturated rings. The summed E-state index contributed by atoms with van der Waals surface area (Å²) < 4.78 is 46.9. The van der Waals surface area contributed by atoms with Crippen LogP contribution in [0.25, 0.3) is 0 Å². The van der Waals surface area contributed by atoms with Gasteiger partial charge in [0.1, 0.15) is 17.2 Å². The highest BCUT2D eigenvalue weighted by Crippen LogP contribution is 2.44. The molecule has 28 heavy (non-hydrogen) atoms. The van der Waals surface area contributed by atoms with Gasteiger partial charge in [-0.2, -0.15) is 0 Å². The number of ether oxygens (including phenoxy) is 1. The van der Waals surface area contributed by atoms with Gasteiger partial charge in [-0.25, -0.2) is 23.1 Å². The maximum absolute atomic E-state index is 14.7. The Balaban J connectivity index is 1.69. The Bertz CT molecular complexity index is 1040. The van der Waals surface area contributed by atoms with E-state index in [9.17, 15) is 18.0 Å². The number of benzene rings is 1. The van der Waals surface area contributed by atoms with E-state index in [1.165, 1.54) is 23.9 Å². The molecule has 144 valence electrons. The number of thioether (sulfide) groups is 1. The molecule has 0 unspecified atom stereocenters. The number of aromatic nitrogens is 1. The van der Waals surface area contributed by atoms with Crippen LogP contribution in [0.15, 0.2) is 46.4 Å². The van der Waals surface area contributed by atoms with Crippen molar-refractivity contribution in [3.63, 3.8) is 0 Å². The van der Waals surface area contributed by atoms with Gasteiger partial charge in [-0.15, -0.1) is 0 Å². The summed E-state index contributed by atoms with van der Waals surface area (Å²) in [5, 5.41) is 4.48. The normalized spacial score (nSPS) is 21.0. The fourth-order valence-corrected chi connectivity index (χ4v) is 3.84. The van der Waals surface area contributed by atoms with Crippen LogP contribution in [0.5, 0.6) is 0 Å². The minimum Gasteiger partial charge on any atom is -0.378 e. The molecule has 0 aliphatic carbocycles. The molecule has 1 atom stereocenters. The van der Waals surface area contributed by atoms with Crippen molar-refractivity contribution in [3.8, 4) is 0 Å². The van der Waals surface area contributed by atoms with Gasteiger partial charge in [-0.1, -0.05) is 11.8 Å². The van der Waals surface area contributed by atoms with Gasteiger partial charge < -0.3 is 15.8 Å². The Kier molecular flexibility index (Phi) is 4.60. The van der Waals surface area contributed by atoms with Crippen molar-refractivity contribution in [2.24, 2.45) is 10.7 Å². The van der Waals surface area contributed by atoms with Gasteiger partial charge in [0.2, 0.25) is 0 Å². The highest BCUT2D eigenvalue weighted by molar-refractivity contribution is 8.16. The third kappa shape index (κ3) is 3.14. The van der Waals surface area contributed by atoms with Gasteiger partial charge in [0, 0.05) is 17.3 Å². The SMILES string of the molecule is NC1=N[C@@]2(c3cc(NC(=O)c4ncc(F)cc4F)ccc3F)COCC2=CS1. The van der Waals surface area contributed by atoms with Crippen molar-refractivity contribution < 1.29 is 22.7 Å². The largest absolute Gasteiger partial charge is 0.378 e. The van der Waals surface area contributed by atoms with E-state index in [-0.39, 0.29) is 29.6 Å². The summed E-state index contributed by atoms with van der Waals surface area (Å²) in [6, 6.07) is 4.43. The summed E-state index contributed by atoms with van der Waals surface area (Å²) in [7, 11) is 0. The topological polar surface area (TPSA) is 89.6 Å². The fraction of sp³-hybridized carbons (Fsp3) is 0.167. The van der Waals surface area contributed by atoms with Crippen molar-refractivity contribution in [1.29, 1.82) is 0 Å². The van der Waals surface area contributed by atoms with Crippen molar-refractivity contribution in [1.82, 2.24) is 4.98 Å². The lowest BCUT2D eigenvalue weighted by Gasteiger charge is -2.29. The van der Waals surface area contributed by atoms with E-state index in [4.69, 9.17) is 10.5 Å². The molecular weight excluding hydrogens is 393 g/mol. The van der Waals surface area contributed by atoms with Crippen molar-refractivity contribution in [2.75, 3.05) is 18.5 Å². The quantitative estimate of drug-likeness (QED) is 0.818. The summed E-state index contributed by atoms with van der Waals surface area (Å²) >= 11 is 1.22. The van der Waals surface area contributed by atoms with Gasteiger partial charge in [0.05, 0.1) is 19.4 Å². The molecule has 0 saturated carbocycles. The number of amides is 1. The lowest BCUT2D eigenvalue weighted by atomic mass is 9.85. The number of nitrogens with zero attached hydrogens (tertiary/aromatic N) is 2. The van der Waals surface area contributed by atoms with Crippen LogP contribution < -0.4 is 11.1 Å². The number of pyridine rings is 1. The van der Waals surface area contributed by atoms with E-state index in [1.807, 2.05) is 0 Å². The van der Waals surface area contributed by atoms with Crippen LogP contribution in [0.2, 0.25) is 0 Å². The van der Waals surface area contributed by atoms with Gasteiger partial charge in [0.25, 0.3) is 5.91 Å². The average Bonchev–Trinajstić information content (AvgIpc) is 3.07. The number of hydrogen-bond donors (Lipinski definition) is 2. The fourth-order valence-electron chi connectivity index (χ4n) is 3.11. The summed E-state index contributed by atoms with van der Waals surface area (Å²) in [4.78, 5) is 20.1. The van der Waals surface area contributed by atoms with E-state index < -0.39 is 34.6 Å². The molecule has 4 rings (SSSR count). The zero-order chi connectivity index (χ0) is 19.9. The number of rotatable bonds is 3. The molecule has 2 aliphatic heterocycles. The summed E-state index contributed by atoms with van der Waals surface area (Å²) in [5.41, 5.74) is 5.25. The first-order valence-electron chi connectivity index (χ1n) is 8.11. The third-order valence-electron chi connectivity index (χ3n) is 4.42. The van der Waals surface area contributed by atoms with Gasteiger partial charge in [-0.3, -0.25) is 4.79 Å². The van der Waals surface area contributed by atoms with E-state index in [1.54, 1.807) is 5.41 Å². The zero-order valence-electron chi connectivity index (χ0n) is 14.2. The summed E-state index contributed by atoms with van der Waals surface area (Å²) in [5.74, 6) is -3.45. The number of carbonyl (C=O) groups excluding carboxylic acids is 1. The Morgan fingerprint density at radius 3 is 2.86 bits per heavy atom. The van der Waals surface area contributed by atoms with Crippen LogP contribution >= 0.6 is 11.8 Å². The number of nitrogens with one attached hydrogen (secondary N) is 1. The molecule has 10 heteroatoms. The number of nitrogens with two attached hydrogens (primary N) is 1. The molecule has 2 aliphatic rings. The molecule has 1 aromatic heterocycles. The Hall–Kier alpha value is -2.85. The maximum Gasteiger partial charge on any atom is 0.277 e. The summed E-state index contributed by atoms with van der Waals surface area (Å²) in [6.07, 6.45) is 0.733. The predicted octanol–water partition coefficient (Wildman–Crippen LogP) is 2.92. The second kappa shape index (κ2) is 6.95. The molecule has 0 radical (unpaired) electrons. The van der Waals surface area contributed by atoms with Crippen molar-refractivity contribution in [3.05, 3.63) is 70.2 Å². The zero-order valence-corrected chi connectivity index (χ0v) is 15.0. The highest BCUT2D eigenvalue weighted by Gasteiger charge is 2.45. The first-order chi connectivity index (χ1) is 13.4. The Labute approximate surface area is 161 Å². The number of hydrogen-bond acceptors (Lipinski definition) is 6. The second-order valence-electron chi connectivity index (χ2n) is 6.20. The van der Waals surface area contributed by atoms with Crippen molar-refractivity contribution in [2.45, 2.75) is 5.54 Å². The molecule has 3 N–H and O–H groups in total. The number of fused-ring (bicyclic) bond motifs is 1. The number of halogens is 3. The number of carbonyl (C=O) groups is 1. The number of anilines is 1. The predicted molar refractivity (Wildman–Crippen MR) is 98.3 cm³/mol. The van der Waals surface area contributed by atoms with Gasteiger partial charge in [-0.05, 0) is 29.2 Å².